The number of anilines is 1. The third-order valence-corrected chi connectivity index (χ3v) is 5.78. The highest BCUT2D eigenvalue weighted by atomic mass is 16.5. The molecule has 0 spiro atoms. The van der Waals surface area contributed by atoms with Crippen molar-refractivity contribution >= 4 is 34.5 Å². The van der Waals surface area contributed by atoms with Crippen molar-refractivity contribution in [3.8, 4) is 6.07 Å². The van der Waals surface area contributed by atoms with E-state index in [9.17, 15) is 14.9 Å². The van der Waals surface area contributed by atoms with Gasteiger partial charge in [0, 0.05) is 41.4 Å². The zero-order valence-electron chi connectivity index (χ0n) is 18.8. The van der Waals surface area contributed by atoms with Gasteiger partial charge in [0.05, 0.1) is 13.2 Å². The monoisotopic (exact) mass is 442 g/mol. The first-order valence-electron chi connectivity index (χ1n) is 10.9. The molecule has 0 radical (unpaired) electrons. The minimum Gasteiger partial charge on any atom is -0.378 e. The van der Waals surface area contributed by atoms with Crippen LogP contribution >= 0.6 is 0 Å². The number of nitriles is 1. The fourth-order valence-corrected chi connectivity index (χ4v) is 4.03. The van der Waals surface area contributed by atoms with Crippen LogP contribution in [0.1, 0.15) is 16.7 Å². The topological polar surface area (TPSA) is 87.4 Å². The van der Waals surface area contributed by atoms with E-state index in [1.54, 1.807) is 11.0 Å². The molecule has 7 heteroatoms. The number of benzene rings is 2. The first-order chi connectivity index (χ1) is 16.0. The van der Waals surface area contributed by atoms with Gasteiger partial charge >= 0.3 is 0 Å². The number of carbonyl (C=O) groups excluding carboxylic acids is 2. The fourth-order valence-electron chi connectivity index (χ4n) is 4.03. The third kappa shape index (κ3) is 4.97. The van der Waals surface area contributed by atoms with Gasteiger partial charge < -0.3 is 19.5 Å². The van der Waals surface area contributed by atoms with Crippen LogP contribution in [0.5, 0.6) is 0 Å². The highest BCUT2D eigenvalue weighted by Crippen LogP contribution is 2.25. The number of hydrogen-bond acceptors (Lipinski definition) is 4. The van der Waals surface area contributed by atoms with Crippen molar-refractivity contribution in [1.82, 2.24) is 9.47 Å². The molecular weight excluding hydrogens is 416 g/mol. The molecule has 1 aliphatic heterocycles. The minimum atomic E-state index is -0.467. The van der Waals surface area contributed by atoms with Crippen LogP contribution in [-0.2, 0) is 20.9 Å². The molecule has 1 aliphatic rings. The van der Waals surface area contributed by atoms with E-state index in [0.29, 0.717) is 37.6 Å². The lowest BCUT2D eigenvalue weighted by Gasteiger charge is -2.27. The zero-order valence-corrected chi connectivity index (χ0v) is 18.8. The summed E-state index contributed by atoms with van der Waals surface area (Å²) in [5, 5.41) is 13.4. The van der Waals surface area contributed by atoms with E-state index in [1.165, 1.54) is 0 Å². The number of aromatic nitrogens is 1. The van der Waals surface area contributed by atoms with Crippen molar-refractivity contribution in [1.29, 1.82) is 5.26 Å². The summed E-state index contributed by atoms with van der Waals surface area (Å²) in [4.78, 5) is 27.4. The Bertz CT molecular complexity index is 1280. The van der Waals surface area contributed by atoms with Crippen molar-refractivity contribution in [2.75, 3.05) is 31.6 Å². The number of aryl methyl sites for hydroxylation is 2. The molecule has 0 unspecified atom stereocenters. The third-order valence-electron chi connectivity index (χ3n) is 5.78. The van der Waals surface area contributed by atoms with E-state index in [1.807, 2.05) is 73.1 Å². The molecule has 33 heavy (non-hydrogen) atoms. The molecule has 2 aromatic carbocycles. The molecule has 7 nitrogen and oxygen atoms in total. The van der Waals surface area contributed by atoms with Crippen LogP contribution in [0.2, 0.25) is 0 Å². The summed E-state index contributed by atoms with van der Waals surface area (Å²) in [6, 6.07) is 15.4. The first-order valence-corrected chi connectivity index (χ1v) is 10.9. The van der Waals surface area contributed by atoms with Gasteiger partial charge in [-0.05, 0) is 37.6 Å². The smallest absolute Gasteiger partial charge is 0.266 e. The van der Waals surface area contributed by atoms with Crippen molar-refractivity contribution < 1.29 is 14.3 Å². The molecular formula is C26H26N4O3. The Hall–Kier alpha value is -3.89. The van der Waals surface area contributed by atoms with Crippen LogP contribution < -0.4 is 5.32 Å². The Kier molecular flexibility index (Phi) is 6.57. The number of para-hydroxylation sites is 1. The van der Waals surface area contributed by atoms with Gasteiger partial charge in [-0.15, -0.1) is 0 Å². The summed E-state index contributed by atoms with van der Waals surface area (Å²) >= 11 is 0. The summed E-state index contributed by atoms with van der Waals surface area (Å²) < 4.78 is 7.20. The van der Waals surface area contributed by atoms with Crippen LogP contribution in [0, 0.1) is 25.2 Å². The van der Waals surface area contributed by atoms with Crippen molar-refractivity contribution in [2.24, 2.45) is 0 Å². The van der Waals surface area contributed by atoms with Crippen molar-refractivity contribution in [3.63, 3.8) is 0 Å². The van der Waals surface area contributed by atoms with Gasteiger partial charge in [0.1, 0.15) is 18.2 Å². The molecule has 0 atom stereocenters. The van der Waals surface area contributed by atoms with Gasteiger partial charge in [-0.25, -0.2) is 0 Å². The summed E-state index contributed by atoms with van der Waals surface area (Å²) in [6.07, 6.45) is 3.40. The van der Waals surface area contributed by atoms with Crippen molar-refractivity contribution in [3.05, 3.63) is 70.9 Å². The predicted molar refractivity (Wildman–Crippen MR) is 127 cm³/mol. The van der Waals surface area contributed by atoms with Gasteiger partial charge in [0.2, 0.25) is 5.91 Å². The molecule has 2 amide bonds. The molecule has 4 rings (SSSR count). The van der Waals surface area contributed by atoms with Gasteiger partial charge in [-0.3, -0.25) is 9.59 Å². The second-order valence-electron chi connectivity index (χ2n) is 8.16. The van der Waals surface area contributed by atoms with E-state index in [4.69, 9.17) is 4.74 Å². The highest BCUT2D eigenvalue weighted by molar-refractivity contribution is 6.11. The minimum absolute atomic E-state index is 0.00242. The quantitative estimate of drug-likeness (QED) is 0.483. The molecule has 1 N–H and O–H groups in total. The molecule has 0 saturated carbocycles. The lowest BCUT2D eigenvalue weighted by Crippen LogP contribution is -2.42. The average molecular weight is 443 g/mol. The largest absolute Gasteiger partial charge is 0.378 e. The predicted octanol–water partition coefficient (Wildman–Crippen LogP) is 3.66. The molecule has 1 saturated heterocycles. The maximum Gasteiger partial charge on any atom is 0.266 e. The SMILES string of the molecule is Cc1ccc(NC(=O)/C(C#N)=C\c2cn(CC(=O)N3CCOCC3)c3ccccc23)c(C)c1. The molecule has 2 heterocycles. The summed E-state index contributed by atoms with van der Waals surface area (Å²) in [7, 11) is 0. The van der Waals surface area contributed by atoms with E-state index < -0.39 is 5.91 Å². The van der Waals surface area contributed by atoms with E-state index in [-0.39, 0.29) is 18.0 Å². The van der Waals surface area contributed by atoms with Gasteiger partial charge in [-0.1, -0.05) is 35.9 Å². The lowest BCUT2D eigenvalue weighted by atomic mass is 10.1. The number of nitrogens with zero attached hydrogens (tertiary/aromatic N) is 3. The number of fused-ring (bicyclic) bond motifs is 1. The Morgan fingerprint density at radius 3 is 2.64 bits per heavy atom. The van der Waals surface area contributed by atoms with Gasteiger partial charge in [-0.2, -0.15) is 5.26 Å². The Morgan fingerprint density at radius 2 is 1.91 bits per heavy atom. The maximum absolute atomic E-state index is 12.8. The number of rotatable bonds is 5. The van der Waals surface area contributed by atoms with Crippen LogP contribution in [0.15, 0.2) is 54.2 Å². The number of hydrogen-bond donors (Lipinski definition) is 1. The Morgan fingerprint density at radius 1 is 1.15 bits per heavy atom. The molecule has 0 aliphatic carbocycles. The second kappa shape index (κ2) is 9.72. The highest BCUT2D eigenvalue weighted by Gasteiger charge is 2.19. The Labute approximate surface area is 192 Å². The number of morpholine rings is 1. The lowest BCUT2D eigenvalue weighted by molar-refractivity contribution is -0.135. The number of amides is 2. The molecule has 1 fully saturated rings. The van der Waals surface area contributed by atoms with Crippen LogP contribution in [0.4, 0.5) is 5.69 Å². The van der Waals surface area contributed by atoms with Crippen LogP contribution in [0.25, 0.3) is 17.0 Å². The normalized spacial score (nSPS) is 14.2. The maximum atomic E-state index is 12.8. The average Bonchev–Trinajstić information content (AvgIpc) is 3.17. The summed E-state index contributed by atoms with van der Waals surface area (Å²) in [5.41, 5.74) is 4.28. The van der Waals surface area contributed by atoms with E-state index in [0.717, 1.165) is 22.0 Å². The zero-order chi connectivity index (χ0) is 23.4. The van der Waals surface area contributed by atoms with Crippen LogP contribution in [-0.4, -0.2) is 47.6 Å². The summed E-state index contributed by atoms with van der Waals surface area (Å²) in [6.45, 7) is 6.35. The molecule has 0 bridgehead atoms. The Balaban J connectivity index is 1.62. The van der Waals surface area contributed by atoms with Crippen molar-refractivity contribution in [2.45, 2.75) is 20.4 Å². The molecule has 1 aromatic heterocycles. The number of carbonyl (C=O) groups is 2. The van der Waals surface area contributed by atoms with Gasteiger partial charge in [0.15, 0.2) is 0 Å². The fraction of sp³-hybridized carbons (Fsp3) is 0.269. The van der Waals surface area contributed by atoms with Gasteiger partial charge in [0.25, 0.3) is 5.91 Å². The van der Waals surface area contributed by atoms with E-state index in [2.05, 4.69) is 5.32 Å². The van der Waals surface area contributed by atoms with Crippen LogP contribution in [0.3, 0.4) is 0 Å². The molecule has 3 aromatic rings. The standard InChI is InChI=1S/C26H26N4O3/c1-18-7-8-23(19(2)13-18)28-26(32)20(15-27)14-21-16-30(24-6-4-3-5-22(21)24)17-25(31)29-9-11-33-12-10-29/h3-8,13-14,16H,9-12,17H2,1-2H3,(H,28,32)/b20-14-. The first kappa shape index (κ1) is 22.3. The summed E-state index contributed by atoms with van der Waals surface area (Å²) in [5.74, 6) is -0.451. The number of nitrogens with one attached hydrogen (secondary N) is 1. The number of ether oxygens (including phenoxy) is 1. The second-order valence-corrected chi connectivity index (χ2v) is 8.16. The molecule has 168 valence electrons. The van der Waals surface area contributed by atoms with E-state index >= 15 is 0 Å².